The topological polar surface area (TPSA) is 52.7 Å². The number of thioether (sulfide) groups is 1. The molecule has 0 aromatic heterocycles. The molecule has 0 radical (unpaired) electrons. The smallest absolute Gasteiger partial charge is 0.236 e. The van der Waals surface area contributed by atoms with Gasteiger partial charge in [-0.1, -0.05) is 29.8 Å². The van der Waals surface area contributed by atoms with Gasteiger partial charge >= 0.3 is 0 Å². The van der Waals surface area contributed by atoms with E-state index in [4.69, 9.17) is 0 Å². The van der Waals surface area contributed by atoms with Gasteiger partial charge in [0.05, 0.1) is 12.3 Å². The number of nitrogens with one attached hydrogen (secondary N) is 1. The van der Waals surface area contributed by atoms with E-state index >= 15 is 0 Å². The van der Waals surface area contributed by atoms with Gasteiger partial charge in [-0.05, 0) is 25.3 Å². The van der Waals surface area contributed by atoms with Crippen molar-refractivity contribution in [3.63, 3.8) is 0 Å². The number of benzene rings is 1. The molecule has 136 valence electrons. The minimum absolute atomic E-state index is 0.166. The van der Waals surface area contributed by atoms with Gasteiger partial charge in [0.25, 0.3) is 0 Å². The molecule has 2 aliphatic heterocycles. The molecule has 0 spiro atoms. The van der Waals surface area contributed by atoms with Crippen LogP contribution in [-0.2, 0) is 15.3 Å². The second-order valence-corrected chi connectivity index (χ2v) is 7.87. The first-order valence-electron chi connectivity index (χ1n) is 9.05. The van der Waals surface area contributed by atoms with Crippen LogP contribution in [0.15, 0.2) is 24.3 Å². The van der Waals surface area contributed by atoms with Crippen LogP contribution >= 0.6 is 11.8 Å². The molecule has 2 fully saturated rings. The van der Waals surface area contributed by atoms with Gasteiger partial charge in [0.15, 0.2) is 0 Å². The Morgan fingerprint density at radius 2 is 2.24 bits per heavy atom. The molecule has 0 aliphatic carbocycles. The van der Waals surface area contributed by atoms with Crippen molar-refractivity contribution in [2.75, 3.05) is 38.5 Å². The zero-order chi connectivity index (χ0) is 17.6. The van der Waals surface area contributed by atoms with E-state index in [2.05, 4.69) is 36.5 Å². The maximum absolute atomic E-state index is 12.6. The van der Waals surface area contributed by atoms with Crippen LogP contribution in [0.1, 0.15) is 24.0 Å². The summed E-state index contributed by atoms with van der Waals surface area (Å²) in [7, 11) is 0. The number of hydrogen-bond donors (Lipinski definition) is 1. The predicted octanol–water partition coefficient (Wildman–Crippen LogP) is 1.65. The monoisotopic (exact) mass is 361 g/mol. The highest BCUT2D eigenvalue weighted by Gasteiger charge is 2.31. The van der Waals surface area contributed by atoms with Gasteiger partial charge in [0.2, 0.25) is 11.8 Å². The Balaban J connectivity index is 1.47. The maximum Gasteiger partial charge on any atom is 0.236 e. The minimum atomic E-state index is 0.166. The number of rotatable bonds is 5. The standard InChI is InChI=1S/C19H27N3O2S/c1-15-4-2-5-16(10-15)13-25-14-19(24)21-8-3-6-17(12-21)22-9-7-20-11-18(22)23/h2,4-5,10,17,20H,3,6-9,11-14H2,1H3. The summed E-state index contributed by atoms with van der Waals surface area (Å²) >= 11 is 1.67. The molecule has 2 heterocycles. The molecule has 6 heteroatoms. The van der Waals surface area contributed by atoms with Crippen molar-refractivity contribution in [2.24, 2.45) is 0 Å². The van der Waals surface area contributed by atoms with E-state index in [1.54, 1.807) is 11.8 Å². The summed E-state index contributed by atoms with van der Waals surface area (Å²) in [6, 6.07) is 8.62. The second-order valence-electron chi connectivity index (χ2n) is 6.88. The molecule has 25 heavy (non-hydrogen) atoms. The summed E-state index contributed by atoms with van der Waals surface area (Å²) in [5.41, 5.74) is 2.52. The number of piperidine rings is 1. The number of aryl methyl sites for hydroxylation is 1. The second kappa shape index (κ2) is 8.72. The number of likely N-dealkylation sites (tertiary alicyclic amines) is 1. The zero-order valence-corrected chi connectivity index (χ0v) is 15.7. The third-order valence-corrected chi connectivity index (χ3v) is 5.88. The fourth-order valence-corrected chi connectivity index (χ4v) is 4.47. The van der Waals surface area contributed by atoms with Crippen LogP contribution in [-0.4, -0.2) is 66.1 Å². The molecule has 1 N–H and O–H groups in total. The summed E-state index contributed by atoms with van der Waals surface area (Å²) in [4.78, 5) is 28.6. The number of carbonyl (C=O) groups is 2. The van der Waals surface area contributed by atoms with Gasteiger partial charge in [0.1, 0.15) is 0 Å². The van der Waals surface area contributed by atoms with Crippen molar-refractivity contribution in [1.29, 1.82) is 0 Å². The summed E-state index contributed by atoms with van der Waals surface area (Å²) in [6.45, 7) is 5.63. The van der Waals surface area contributed by atoms with E-state index in [-0.39, 0.29) is 17.9 Å². The molecule has 3 rings (SSSR count). The summed E-state index contributed by atoms with van der Waals surface area (Å²) in [5, 5.41) is 3.11. The highest BCUT2D eigenvalue weighted by molar-refractivity contribution is 7.99. The molecular weight excluding hydrogens is 334 g/mol. The van der Waals surface area contributed by atoms with Crippen LogP contribution in [0, 0.1) is 6.92 Å². The lowest BCUT2D eigenvalue weighted by molar-refractivity contribution is -0.139. The number of piperazine rings is 1. The third-order valence-electron chi connectivity index (χ3n) is 4.89. The van der Waals surface area contributed by atoms with Gasteiger partial charge in [-0.15, -0.1) is 11.8 Å². The van der Waals surface area contributed by atoms with E-state index in [0.29, 0.717) is 18.8 Å². The average molecular weight is 362 g/mol. The first kappa shape index (κ1) is 18.3. The molecule has 2 saturated heterocycles. The Morgan fingerprint density at radius 3 is 3.04 bits per heavy atom. The third kappa shape index (κ3) is 4.98. The molecule has 0 saturated carbocycles. The van der Waals surface area contributed by atoms with E-state index in [0.717, 1.165) is 38.2 Å². The summed E-state index contributed by atoms with van der Waals surface area (Å²) in [6.07, 6.45) is 1.99. The fraction of sp³-hybridized carbons (Fsp3) is 0.579. The Hall–Kier alpha value is -1.53. The van der Waals surface area contributed by atoms with Crippen LogP contribution in [0.4, 0.5) is 0 Å². The van der Waals surface area contributed by atoms with Gasteiger partial charge in [-0.3, -0.25) is 9.59 Å². The molecule has 2 amide bonds. The van der Waals surface area contributed by atoms with Gasteiger partial charge in [0, 0.05) is 38.0 Å². The first-order chi connectivity index (χ1) is 12.1. The maximum atomic E-state index is 12.6. The van der Waals surface area contributed by atoms with Crippen molar-refractivity contribution in [1.82, 2.24) is 15.1 Å². The Morgan fingerprint density at radius 1 is 1.36 bits per heavy atom. The molecule has 5 nitrogen and oxygen atoms in total. The van der Waals surface area contributed by atoms with E-state index in [1.165, 1.54) is 11.1 Å². The van der Waals surface area contributed by atoms with E-state index < -0.39 is 0 Å². The molecule has 2 aliphatic rings. The van der Waals surface area contributed by atoms with Crippen LogP contribution in [0.25, 0.3) is 0 Å². The van der Waals surface area contributed by atoms with Gasteiger partial charge in [-0.2, -0.15) is 0 Å². The molecular formula is C19H27N3O2S. The molecule has 1 atom stereocenters. The lowest BCUT2D eigenvalue weighted by Gasteiger charge is -2.41. The van der Waals surface area contributed by atoms with Crippen molar-refractivity contribution < 1.29 is 9.59 Å². The molecule has 1 aromatic rings. The predicted molar refractivity (Wildman–Crippen MR) is 102 cm³/mol. The lowest BCUT2D eigenvalue weighted by Crippen LogP contribution is -2.57. The van der Waals surface area contributed by atoms with Crippen LogP contribution in [0.2, 0.25) is 0 Å². The molecule has 1 unspecified atom stereocenters. The van der Waals surface area contributed by atoms with Gasteiger partial charge in [-0.25, -0.2) is 0 Å². The highest BCUT2D eigenvalue weighted by atomic mass is 32.2. The number of carbonyl (C=O) groups excluding carboxylic acids is 2. The number of nitrogens with zero attached hydrogens (tertiary/aromatic N) is 2. The molecule has 0 bridgehead atoms. The van der Waals surface area contributed by atoms with Crippen molar-refractivity contribution >= 4 is 23.6 Å². The quantitative estimate of drug-likeness (QED) is 0.866. The number of amides is 2. The van der Waals surface area contributed by atoms with Crippen LogP contribution < -0.4 is 5.32 Å². The average Bonchev–Trinajstić information content (AvgIpc) is 2.62. The lowest BCUT2D eigenvalue weighted by atomic mass is 10.0. The minimum Gasteiger partial charge on any atom is -0.340 e. The van der Waals surface area contributed by atoms with Crippen LogP contribution in [0.3, 0.4) is 0 Å². The number of hydrogen-bond acceptors (Lipinski definition) is 4. The Bertz CT molecular complexity index is 622. The van der Waals surface area contributed by atoms with Crippen molar-refractivity contribution in [2.45, 2.75) is 31.6 Å². The largest absolute Gasteiger partial charge is 0.340 e. The first-order valence-corrected chi connectivity index (χ1v) is 10.2. The SMILES string of the molecule is Cc1cccc(CSCC(=O)N2CCCC(N3CCNCC3=O)C2)c1. The van der Waals surface area contributed by atoms with Crippen molar-refractivity contribution in [3.8, 4) is 0 Å². The van der Waals surface area contributed by atoms with Gasteiger partial charge < -0.3 is 15.1 Å². The Labute approximate surface area is 154 Å². The zero-order valence-electron chi connectivity index (χ0n) is 14.9. The summed E-state index contributed by atoms with van der Waals surface area (Å²) in [5.74, 6) is 1.74. The highest BCUT2D eigenvalue weighted by Crippen LogP contribution is 2.19. The fourth-order valence-electron chi connectivity index (χ4n) is 3.59. The Kier molecular flexibility index (Phi) is 6.37. The van der Waals surface area contributed by atoms with E-state index in [9.17, 15) is 9.59 Å². The molecule has 1 aromatic carbocycles. The summed E-state index contributed by atoms with van der Waals surface area (Å²) < 4.78 is 0. The normalized spacial score (nSPS) is 21.5. The van der Waals surface area contributed by atoms with E-state index in [1.807, 2.05) is 9.80 Å². The van der Waals surface area contributed by atoms with Crippen LogP contribution in [0.5, 0.6) is 0 Å². The van der Waals surface area contributed by atoms with Crippen molar-refractivity contribution in [3.05, 3.63) is 35.4 Å².